The minimum atomic E-state index is -1.01. The number of aromatic nitrogens is 3. The summed E-state index contributed by atoms with van der Waals surface area (Å²) in [6.45, 7) is 1.91. The number of nitriles is 1. The average molecular weight is 278 g/mol. The second-order valence-corrected chi connectivity index (χ2v) is 4.62. The third-order valence-corrected chi connectivity index (χ3v) is 3.26. The number of nitrogens with zero attached hydrogens (tertiary/aromatic N) is 4. The van der Waals surface area contributed by atoms with Crippen LogP contribution in [-0.4, -0.2) is 26.1 Å². The number of hydrogen-bond acceptors (Lipinski definition) is 4. The largest absolute Gasteiger partial charge is 0.478 e. The number of rotatable bonds is 2. The maximum absolute atomic E-state index is 11.0. The van der Waals surface area contributed by atoms with Gasteiger partial charge in [0.25, 0.3) is 0 Å². The highest BCUT2D eigenvalue weighted by atomic mass is 16.4. The van der Waals surface area contributed by atoms with Gasteiger partial charge in [-0.2, -0.15) is 5.26 Å². The number of carboxylic acids is 1. The summed E-state index contributed by atoms with van der Waals surface area (Å²) in [6, 6.07) is 12.0. The summed E-state index contributed by atoms with van der Waals surface area (Å²) < 4.78 is 1.61. The van der Waals surface area contributed by atoms with E-state index in [9.17, 15) is 4.79 Å². The highest BCUT2D eigenvalue weighted by Crippen LogP contribution is 2.21. The molecule has 0 atom stereocenters. The summed E-state index contributed by atoms with van der Waals surface area (Å²) in [5, 5.41) is 26.1. The summed E-state index contributed by atoms with van der Waals surface area (Å²) in [4.78, 5) is 11.0. The van der Waals surface area contributed by atoms with Crippen LogP contribution in [0.1, 0.15) is 21.5 Å². The Morgan fingerprint density at radius 3 is 2.81 bits per heavy atom. The molecule has 0 aliphatic carbocycles. The molecule has 21 heavy (non-hydrogen) atoms. The molecule has 0 saturated carbocycles. The van der Waals surface area contributed by atoms with Crippen LogP contribution in [0.4, 0.5) is 0 Å². The van der Waals surface area contributed by atoms with Crippen molar-refractivity contribution in [1.82, 2.24) is 15.0 Å². The Hall–Kier alpha value is -3.20. The monoisotopic (exact) mass is 278 g/mol. The van der Waals surface area contributed by atoms with Crippen molar-refractivity contribution in [2.75, 3.05) is 0 Å². The lowest BCUT2D eigenvalue weighted by Gasteiger charge is -2.06. The van der Waals surface area contributed by atoms with Gasteiger partial charge in [0.1, 0.15) is 5.52 Å². The second kappa shape index (κ2) is 4.72. The molecule has 1 aromatic heterocycles. The van der Waals surface area contributed by atoms with Crippen molar-refractivity contribution in [2.24, 2.45) is 0 Å². The van der Waals surface area contributed by atoms with Crippen molar-refractivity contribution in [3.63, 3.8) is 0 Å². The standard InChI is InChI=1S/C15H10N4O2/c1-9-2-3-10(8-16)6-14(9)19-13-5-4-11(15(20)21)7-12(13)17-18-19/h2-7H,1H3,(H,20,21). The van der Waals surface area contributed by atoms with E-state index in [1.54, 1.807) is 22.9 Å². The van der Waals surface area contributed by atoms with Crippen molar-refractivity contribution >= 4 is 17.0 Å². The highest BCUT2D eigenvalue weighted by molar-refractivity contribution is 5.92. The topological polar surface area (TPSA) is 91.8 Å². The third kappa shape index (κ3) is 2.11. The Morgan fingerprint density at radius 1 is 1.29 bits per heavy atom. The Kier molecular flexibility index (Phi) is 2.88. The van der Waals surface area contributed by atoms with E-state index in [1.165, 1.54) is 12.1 Å². The van der Waals surface area contributed by atoms with Gasteiger partial charge in [-0.15, -0.1) is 5.10 Å². The molecule has 0 unspecified atom stereocenters. The maximum atomic E-state index is 11.0. The molecule has 0 amide bonds. The quantitative estimate of drug-likeness (QED) is 0.776. The number of hydrogen-bond donors (Lipinski definition) is 1. The van der Waals surface area contributed by atoms with E-state index in [4.69, 9.17) is 10.4 Å². The van der Waals surface area contributed by atoms with Gasteiger partial charge < -0.3 is 5.11 Å². The van der Waals surface area contributed by atoms with E-state index < -0.39 is 5.97 Å². The van der Waals surface area contributed by atoms with Crippen LogP contribution in [0.5, 0.6) is 0 Å². The van der Waals surface area contributed by atoms with E-state index in [-0.39, 0.29) is 5.56 Å². The fourth-order valence-corrected chi connectivity index (χ4v) is 2.14. The Bertz CT molecular complexity index is 906. The number of aromatic carboxylic acids is 1. The molecule has 3 aromatic rings. The third-order valence-electron chi connectivity index (χ3n) is 3.26. The Morgan fingerprint density at radius 2 is 2.10 bits per heavy atom. The van der Waals surface area contributed by atoms with Crippen molar-refractivity contribution < 1.29 is 9.90 Å². The first-order chi connectivity index (χ1) is 10.1. The highest BCUT2D eigenvalue weighted by Gasteiger charge is 2.12. The molecule has 0 spiro atoms. The zero-order valence-electron chi connectivity index (χ0n) is 11.1. The number of carboxylic acid groups (broad SMARTS) is 1. The summed E-state index contributed by atoms with van der Waals surface area (Å²) in [6.07, 6.45) is 0. The van der Waals surface area contributed by atoms with E-state index in [2.05, 4.69) is 16.4 Å². The predicted molar refractivity (Wildman–Crippen MR) is 75.3 cm³/mol. The summed E-state index contributed by atoms with van der Waals surface area (Å²) in [5.41, 5.74) is 3.58. The zero-order valence-corrected chi connectivity index (χ0v) is 11.1. The first-order valence-electron chi connectivity index (χ1n) is 6.20. The smallest absolute Gasteiger partial charge is 0.335 e. The van der Waals surface area contributed by atoms with Gasteiger partial charge in [-0.3, -0.25) is 0 Å². The average Bonchev–Trinajstić information content (AvgIpc) is 2.90. The van der Waals surface area contributed by atoms with E-state index in [0.717, 1.165) is 11.3 Å². The number of fused-ring (bicyclic) bond motifs is 1. The molecule has 3 rings (SSSR count). The minimum Gasteiger partial charge on any atom is -0.478 e. The van der Waals surface area contributed by atoms with E-state index in [1.807, 2.05) is 13.0 Å². The van der Waals surface area contributed by atoms with Gasteiger partial charge in [0.05, 0.1) is 28.4 Å². The fraction of sp³-hybridized carbons (Fsp3) is 0.0667. The van der Waals surface area contributed by atoms with Crippen LogP contribution in [-0.2, 0) is 0 Å². The molecule has 0 saturated heterocycles. The number of benzene rings is 2. The lowest BCUT2D eigenvalue weighted by atomic mass is 10.1. The van der Waals surface area contributed by atoms with Gasteiger partial charge in [-0.1, -0.05) is 11.3 Å². The summed E-state index contributed by atoms with van der Waals surface area (Å²) >= 11 is 0. The SMILES string of the molecule is Cc1ccc(C#N)cc1-n1nnc2cc(C(=O)O)ccc21. The molecule has 2 aromatic carbocycles. The molecular formula is C15H10N4O2. The van der Waals surface area contributed by atoms with Crippen LogP contribution in [0, 0.1) is 18.3 Å². The molecular weight excluding hydrogens is 268 g/mol. The molecule has 1 N–H and O–H groups in total. The molecule has 6 heteroatoms. The fourth-order valence-electron chi connectivity index (χ4n) is 2.14. The predicted octanol–water partition coefficient (Wildman–Crippen LogP) is 2.30. The van der Waals surface area contributed by atoms with E-state index in [0.29, 0.717) is 16.6 Å². The van der Waals surface area contributed by atoms with Gasteiger partial charge in [0, 0.05) is 0 Å². The van der Waals surface area contributed by atoms with Crippen LogP contribution < -0.4 is 0 Å². The van der Waals surface area contributed by atoms with Gasteiger partial charge in [-0.25, -0.2) is 9.48 Å². The lowest BCUT2D eigenvalue weighted by Crippen LogP contribution is -2.00. The zero-order chi connectivity index (χ0) is 15.0. The van der Waals surface area contributed by atoms with Gasteiger partial charge in [-0.05, 0) is 42.8 Å². The van der Waals surface area contributed by atoms with Gasteiger partial charge in [0.15, 0.2) is 0 Å². The van der Waals surface area contributed by atoms with Crippen molar-refractivity contribution in [1.29, 1.82) is 5.26 Å². The minimum absolute atomic E-state index is 0.164. The molecule has 0 fully saturated rings. The number of aryl methyl sites for hydroxylation is 1. The molecule has 102 valence electrons. The van der Waals surface area contributed by atoms with Crippen LogP contribution in [0.15, 0.2) is 36.4 Å². The van der Waals surface area contributed by atoms with Crippen LogP contribution >= 0.6 is 0 Å². The van der Waals surface area contributed by atoms with Crippen molar-refractivity contribution in [3.05, 3.63) is 53.1 Å². The van der Waals surface area contributed by atoms with Crippen LogP contribution in [0.3, 0.4) is 0 Å². The lowest BCUT2D eigenvalue weighted by molar-refractivity contribution is 0.0697. The van der Waals surface area contributed by atoms with Crippen LogP contribution in [0.25, 0.3) is 16.7 Å². The van der Waals surface area contributed by atoms with E-state index >= 15 is 0 Å². The maximum Gasteiger partial charge on any atom is 0.335 e. The molecule has 6 nitrogen and oxygen atoms in total. The summed E-state index contributed by atoms with van der Waals surface area (Å²) in [5.74, 6) is -1.01. The molecule has 0 aliphatic heterocycles. The second-order valence-electron chi connectivity index (χ2n) is 4.62. The molecule has 0 bridgehead atoms. The van der Waals surface area contributed by atoms with Crippen LogP contribution in [0.2, 0.25) is 0 Å². The summed E-state index contributed by atoms with van der Waals surface area (Å²) in [7, 11) is 0. The van der Waals surface area contributed by atoms with Gasteiger partial charge in [0.2, 0.25) is 0 Å². The van der Waals surface area contributed by atoms with Crippen molar-refractivity contribution in [2.45, 2.75) is 6.92 Å². The Labute approximate surface area is 119 Å². The molecule has 1 heterocycles. The molecule has 0 radical (unpaired) electrons. The van der Waals surface area contributed by atoms with Gasteiger partial charge >= 0.3 is 5.97 Å². The first-order valence-corrected chi connectivity index (χ1v) is 6.20. The normalized spacial score (nSPS) is 10.5. The number of carbonyl (C=O) groups is 1. The van der Waals surface area contributed by atoms with Crippen molar-refractivity contribution in [3.8, 4) is 11.8 Å². The Balaban J connectivity index is 2.22. The molecule has 0 aliphatic rings. The first kappa shape index (κ1) is 12.8.